The minimum absolute atomic E-state index is 0.290. The summed E-state index contributed by atoms with van der Waals surface area (Å²) in [7, 11) is 0. The van der Waals surface area contributed by atoms with E-state index in [1.165, 1.54) is 43.2 Å². The maximum atomic E-state index is 5.90. The molecule has 1 aliphatic rings. The van der Waals surface area contributed by atoms with Crippen molar-refractivity contribution in [3.05, 3.63) is 33.8 Å². The summed E-state index contributed by atoms with van der Waals surface area (Å²) in [4.78, 5) is 0. The molecule has 3 unspecified atom stereocenters. The highest BCUT2D eigenvalue weighted by molar-refractivity contribution is 9.10. The number of benzene rings is 1. The average molecular weight is 325 g/mol. The third kappa shape index (κ3) is 3.39. The molecule has 0 bridgehead atoms. The normalized spacial score (nSPS) is 25.3. The minimum Gasteiger partial charge on any atom is -0.271 e. The Morgan fingerprint density at radius 2 is 2.11 bits per heavy atom. The first-order valence-corrected chi connectivity index (χ1v) is 8.18. The summed E-state index contributed by atoms with van der Waals surface area (Å²) in [5, 5.41) is 0. The van der Waals surface area contributed by atoms with Crippen molar-refractivity contribution in [2.45, 2.75) is 52.0 Å². The van der Waals surface area contributed by atoms with Crippen LogP contribution in [0, 0.1) is 18.8 Å². The highest BCUT2D eigenvalue weighted by atomic mass is 79.9. The van der Waals surface area contributed by atoms with E-state index < -0.39 is 0 Å². The second kappa shape index (κ2) is 6.87. The first kappa shape index (κ1) is 15.0. The average Bonchev–Trinajstić information content (AvgIpc) is 2.42. The Balaban J connectivity index is 2.27. The van der Waals surface area contributed by atoms with Gasteiger partial charge in [0.15, 0.2) is 0 Å². The van der Waals surface area contributed by atoms with Crippen molar-refractivity contribution >= 4 is 15.9 Å². The summed E-state index contributed by atoms with van der Waals surface area (Å²) in [6, 6.07) is 6.81. The summed E-state index contributed by atoms with van der Waals surface area (Å²) in [6.45, 7) is 4.49. The molecule has 0 aromatic heterocycles. The van der Waals surface area contributed by atoms with Gasteiger partial charge in [0.25, 0.3) is 0 Å². The fourth-order valence-electron chi connectivity index (χ4n) is 3.61. The van der Waals surface area contributed by atoms with Gasteiger partial charge in [-0.05, 0) is 48.4 Å². The quantitative estimate of drug-likeness (QED) is 0.633. The molecule has 1 aliphatic carbocycles. The van der Waals surface area contributed by atoms with Crippen LogP contribution in [0.2, 0.25) is 0 Å². The predicted octanol–water partition coefficient (Wildman–Crippen LogP) is 4.48. The van der Waals surface area contributed by atoms with Crippen LogP contribution < -0.4 is 11.3 Å². The van der Waals surface area contributed by atoms with Crippen LogP contribution in [0.15, 0.2) is 22.7 Å². The molecule has 2 nitrogen and oxygen atoms in total. The summed E-state index contributed by atoms with van der Waals surface area (Å²) < 4.78 is 1.14. The molecule has 0 saturated heterocycles. The number of hydrogen-bond donors (Lipinski definition) is 2. The number of nitrogens with two attached hydrogens (primary N) is 1. The van der Waals surface area contributed by atoms with E-state index in [0.717, 1.165) is 10.4 Å². The topological polar surface area (TPSA) is 38.0 Å². The maximum absolute atomic E-state index is 5.90. The second-order valence-corrected chi connectivity index (χ2v) is 6.68. The van der Waals surface area contributed by atoms with Gasteiger partial charge in [0.05, 0.1) is 0 Å². The van der Waals surface area contributed by atoms with Crippen molar-refractivity contribution in [2.24, 2.45) is 17.7 Å². The first-order valence-electron chi connectivity index (χ1n) is 7.39. The van der Waals surface area contributed by atoms with Gasteiger partial charge in [0, 0.05) is 10.5 Å². The molecule has 0 amide bonds. The summed E-state index contributed by atoms with van der Waals surface area (Å²) in [5.74, 6) is 7.37. The van der Waals surface area contributed by atoms with E-state index in [0.29, 0.717) is 12.0 Å². The van der Waals surface area contributed by atoms with E-state index in [9.17, 15) is 0 Å². The highest BCUT2D eigenvalue weighted by Gasteiger charge is 2.31. The molecule has 3 N–H and O–H groups in total. The lowest BCUT2D eigenvalue weighted by Crippen LogP contribution is -2.38. The molecule has 106 valence electrons. The number of rotatable bonds is 4. The van der Waals surface area contributed by atoms with E-state index in [1.54, 1.807) is 0 Å². The number of hydrogen-bond acceptors (Lipinski definition) is 2. The monoisotopic (exact) mass is 324 g/mol. The minimum atomic E-state index is 0.290. The molecule has 3 atom stereocenters. The Hall–Kier alpha value is -0.380. The Morgan fingerprint density at radius 1 is 1.37 bits per heavy atom. The Labute approximate surface area is 125 Å². The molecule has 0 radical (unpaired) electrons. The lowest BCUT2D eigenvalue weighted by molar-refractivity contribution is 0.175. The molecule has 0 heterocycles. The summed E-state index contributed by atoms with van der Waals surface area (Å²) in [6.07, 6.45) is 6.64. The Bertz CT molecular complexity index is 419. The molecular formula is C16H25BrN2. The molecule has 1 aromatic rings. The maximum Gasteiger partial charge on any atom is 0.0493 e. The van der Waals surface area contributed by atoms with Gasteiger partial charge in [-0.3, -0.25) is 11.3 Å². The van der Waals surface area contributed by atoms with E-state index in [2.05, 4.69) is 53.4 Å². The molecule has 0 spiro atoms. The van der Waals surface area contributed by atoms with Crippen LogP contribution >= 0.6 is 15.9 Å². The van der Waals surface area contributed by atoms with E-state index in [-0.39, 0.29) is 0 Å². The van der Waals surface area contributed by atoms with E-state index in [4.69, 9.17) is 5.84 Å². The first-order chi connectivity index (χ1) is 9.17. The van der Waals surface area contributed by atoms with E-state index >= 15 is 0 Å². The van der Waals surface area contributed by atoms with Crippen LogP contribution in [0.4, 0.5) is 0 Å². The predicted molar refractivity (Wildman–Crippen MR) is 84.7 cm³/mol. The van der Waals surface area contributed by atoms with Gasteiger partial charge in [0.1, 0.15) is 0 Å². The zero-order chi connectivity index (χ0) is 13.8. The molecule has 3 heteroatoms. The van der Waals surface area contributed by atoms with Crippen LogP contribution in [-0.4, -0.2) is 0 Å². The molecule has 1 saturated carbocycles. The summed E-state index contributed by atoms with van der Waals surface area (Å²) >= 11 is 3.54. The standard InChI is InChI=1S/C16H25BrN2/c1-3-12-6-4-5-7-15(12)16(19-18)14-9-8-13(17)10-11(14)2/h8-10,12,15-16,19H,3-7,18H2,1-2H3. The van der Waals surface area contributed by atoms with Gasteiger partial charge in [-0.1, -0.05) is 54.6 Å². The molecule has 1 fully saturated rings. The lowest BCUT2D eigenvalue weighted by Gasteiger charge is -2.37. The van der Waals surface area contributed by atoms with Crippen molar-refractivity contribution in [3.63, 3.8) is 0 Å². The fourth-order valence-corrected chi connectivity index (χ4v) is 4.09. The third-order valence-corrected chi connectivity index (χ3v) is 5.16. The molecule has 2 rings (SSSR count). The highest BCUT2D eigenvalue weighted by Crippen LogP contribution is 2.40. The van der Waals surface area contributed by atoms with Crippen molar-refractivity contribution in [1.29, 1.82) is 0 Å². The van der Waals surface area contributed by atoms with Gasteiger partial charge < -0.3 is 0 Å². The SMILES string of the molecule is CCC1CCCCC1C(NN)c1ccc(Br)cc1C. The number of hydrazine groups is 1. The van der Waals surface area contributed by atoms with Gasteiger partial charge in [-0.2, -0.15) is 0 Å². The van der Waals surface area contributed by atoms with Crippen LogP contribution in [0.25, 0.3) is 0 Å². The number of nitrogens with one attached hydrogen (secondary N) is 1. The fraction of sp³-hybridized carbons (Fsp3) is 0.625. The van der Waals surface area contributed by atoms with Crippen molar-refractivity contribution in [3.8, 4) is 0 Å². The molecular weight excluding hydrogens is 300 g/mol. The lowest BCUT2D eigenvalue weighted by atomic mass is 9.72. The smallest absolute Gasteiger partial charge is 0.0493 e. The van der Waals surface area contributed by atoms with Gasteiger partial charge in [-0.15, -0.1) is 0 Å². The van der Waals surface area contributed by atoms with Crippen LogP contribution in [0.3, 0.4) is 0 Å². The van der Waals surface area contributed by atoms with Crippen LogP contribution in [-0.2, 0) is 0 Å². The van der Waals surface area contributed by atoms with E-state index in [1.807, 2.05) is 0 Å². The summed E-state index contributed by atoms with van der Waals surface area (Å²) in [5.41, 5.74) is 5.77. The van der Waals surface area contributed by atoms with Gasteiger partial charge >= 0.3 is 0 Å². The number of halogens is 1. The molecule has 1 aromatic carbocycles. The van der Waals surface area contributed by atoms with Crippen LogP contribution in [0.1, 0.15) is 56.2 Å². The van der Waals surface area contributed by atoms with Crippen molar-refractivity contribution in [1.82, 2.24) is 5.43 Å². The van der Waals surface area contributed by atoms with Gasteiger partial charge in [0.2, 0.25) is 0 Å². The van der Waals surface area contributed by atoms with Crippen molar-refractivity contribution < 1.29 is 0 Å². The number of aryl methyl sites for hydroxylation is 1. The van der Waals surface area contributed by atoms with Crippen molar-refractivity contribution in [2.75, 3.05) is 0 Å². The molecule has 0 aliphatic heterocycles. The largest absolute Gasteiger partial charge is 0.271 e. The second-order valence-electron chi connectivity index (χ2n) is 5.76. The third-order valence-electron chi connectivity index (χ3n) is 4.67. The van der Waals surface area contributed by atoms with Crippen LogP contribution in [0.5, 0.6) is 0 Å². The Morgan fingerprint density at radius 3 is 2.74 bits per heavy atom. The zero-order valence-corrected chi connectivity index (χ0v) is 13.5. The van der Waals surface area contributed by atoms with Gasteiger partial charge in [-0.25, -0.2) is 0 Å². The Kier molecular flexibility index (Phi) is 5.43. The molecule has 19 heavy (non-hydrogen) atoms. The zero-order valence-electron chi connectivity index (χ0n) is 12.0.